The largest absolute Gasteiger partial charge is 0.455 e. The first-order valence-electron chi connectivity index (χ1n) is 12.0. The number of hydrogen-bond donors (Lipinski definition) is 0. The molecule has 0 radical (unpaired) electrons. The number of piperazine rings is 1. The van der Waals surface area contributed by atoms with E-state index in [1.165, 1.54) is 24.3 Å². The van der Waals surface area contributed by atoms with Gasteiger partial charge in [0.2, 0.25) is 0 Å². The van der Waals surface area contributed by atoms with Crippen LogP contribution in [0.4, 0.5) is 15.8 Å². The van der Waals surface area contributed by atoms with E-state index < -0.39 is 4.92 Å². The molecule has 0 atom stereocenters. The van der Waals surface area contributed by atoms with Gasteiger partial charge in [0.05, 0.1) is 11.5 Å². The first-order valence-corrected chi connectivity index (χ1v) is 12.0. The second kappa shape index (κ2) is 10.5. The van der Waals surface area contributed by atoms with Crippen LogP contribution in [0.5, 0.6) is 0 Å². The minimum absolute atomic E-state index is 0.0591. The summed E-state index contributed by atoms with van der Waals surface area (Å²) in [6, 6.07) is 16.5. The van der Waals surface area contributed by atoms with E-state index in [0.29, 0.717) is 50.8 Å². The molecule has 1 saturated heterocycles. The van der Waals surface area contributed by atoms with Gasteiger partial charge in [-0.15, -0.1) is 0 Å². The third-order valence-corrected chi connectivity index (χ3v) is 6.45. The summed E-state index contributed by atoms with van der Waals surface area (Å²) in [7, 11) is 0. The second-order valence-electron chi connectivity index (χ2n) is 9.97. The molecule has 0 bridgehead atoms. The molecular formula is C27H31FN4O4. The zero-order chi connectivity index (χ0) is 25.9. The average molecular weight is 495 g/mol. The minimum atomic E-state index is -0.415. The van der Waals surface area contributed by atoms with Gasteiger partial charge in [-0.2, -0.15) is 0 Å². The maximum absolute atomic E-state index is 13.3. The molecule has 2 heterocycles. The van der Waals surface area contributed by atoms with Crippen LogP contribution in [0.3, 0.4) is 0 Å². The summed E-state index contributed by atoms with van der Waals surface area (Å²) < 4.78 is 19.3. The zero-order valence-electron chi connectivity index (χ0n) is 20.8. The summed E-state index contributed by atoms with van der Waals surface area (Å²) in [5, 5.41) is 10.9. The molecule has 4 rings (SSSR count). The first kappa shape index (κ1) is 25.4. The molecule has 0 spiro atoms. The van der Waals surface area contributed by atoms with Crippen LogP contribution >= 0.6 is 0 Å². The Balaban J connectivity index is 1.36. The lowest BCUT2D eigenvalue weighted by Crippen LogP contribution is -2.48. The van der Waals surface area contributed by atoms with E-state index in [9.17, 15) is 19.3 Å². The predicted molar refractivity (Wildman–Crippen MR) is 135 cm³/mol. The maximum Gasteiger partial charge on any atom is 0.289 e. The molecule has 0 N–H and O–H groups in total. The molecular weight excluding hydrogens is 463 g/mol. The van der Waals surface area contributed by atoms with E-state index in [1.54, 1.807) is 35.2 Å². The number of non-ortho nitro benzene ring substituents is 1. The monoisotopic (exact) mass is 494 g/mol. The van der Waals surface area contributed by atoms with Crippen LogP contribution in [0.15, 0.2) is 65.1 Å². The van der Waals surface area contributed by atoms with Gasteiger partial charge in [0.1, 0.15) is 11.6 Å². The number of benzene rings is 2. The number of amides is 1. The van der Waals surface area contributed by atoms with Crippen LogP contribution in [-0.4, -0.2) is 52.3 Å². The number of furan rings is 1. The molecule has 2 aromatic carbocycles. The summed E-state index contributed by atoms with van der Waals surface area (Å²) in [6.07, 6.45) is 0. The van der Waals surface area contributed by atoms with Crippen LogP contribution in [0.25, 0.3) is 0 Å². The number of hydrogen-bond acceptors (Lipinski definition) is 6. The Bertz CT molecular complexity index is 1190. The van der Waals surface area contributed by atoms with E-state index >= 15 is 0 Å². The van der Waals surface area contributed by atoms with Crippen molar-refractivity contribution in [3.05, 3.63) is 93.7 Å². The maximum atomic E-state index is 13.3. The van der Waals surface area contributed by atoms with Gasteiger partial charge in [-0.3, -0.25) is 19.8 Å². The Morgan fingerprint density at radius 2 is 1.61 bits per heavy atom. The lowest BCUT2D eigenvalue weighted by molar-refractivity contribution is -0.384. The molecule has 9 heteroatoms. The molecule has 8 nitrogen and oxygen atoms in total. The van der Waals surface area contributed by atoms with Crippen molar-refractivity contribution in [2.75, 3.05) is 31.1 Å². The van der Waals surface area contributed by atoms with Crippen LogP contribution in [0, 0.1) is 15.9 Å². The van der Waals surface area contributed by atoms with Crippen molar-refractivity contribution in [3.8, 4) is 0 Å². The molecule has 1 aliphatic rings. The second-order valence-corrected chi connectivity index (χ2v) is 9.97. The SMILES string of the molecule is CC(C)(C)N(Cc1ccc(F)cc1)Cc1ccc(C(=O)N2CCN(c3ccc([N+](=O)[O-])cc3)CC2)o1. The van der Waals surface area contributed by atoms with E-state index in [1.807, 2.05) is 6.07 Å². The van der Waals surface area contributed by atoms with Gasteiger partial charge >= 0.3 is 0 Å². The molecule has 1 fully saturated rings. The topological polar surface area (TPSA) is 83.1 Å². The van der Waals surface area contributed by atoms with Crippen molar-refractivity contribution >= 4 is 17.3 Å². The van der Waals surface area contributed by atoms with Crippen molar-refractivity contribution < 1.29 is 18.5 Å². The summed E-state index contributed by atoms with van der Waals surface area (Å²) in [5.41, 5.74) is 1.79. The number of nitro groups is 1. The van der Waals surface area contributed by atoms with Crippen LogP contribution in [-0.2, 0) is 13.1 Å². The van der Waals surface area contributed by atoms with Gasteiger partial charge in [0.15, 0.2) is 5.76 Å². The molecule has 1 aromatic heterocycles. The number of anilines is 1. The highest BCUT2D eigenvalue weighted by Gasteiger charge is 2.27. The van der Waals surface area contributed by atoms with Gasteiger partial charge in [-0.1, -0.05) is 12.1 Å². The van der Waals surface area contributed by atoms with Gasteiger partial charge in [-0.25, -0.2) is 4.39 Å². The molecule has 190 valence electrons. The quantitative estimate of drug-likeness (QED) is 0.336. The Hall–Kier alpha value is -3.72. The summed E-state index contributed by atoms with van der Waals surface area (Å²) in [4.78, 5) is 29.6. The van der Waals surface area contributed by atoms with Crippen molar-refractivity contribution in [2.45, 2.75) is 39.4 Å². The molecule has 0 saturated carbocycles. The third-order valence-electron chi connectivity index (χ3n) is 6.45. The van der Waals surface area contributed by atoms with Crippen molar-refractivity contribution in [1.29, 1.82) is 0 Å². The van der Waals surface area contributed by atoms with Gasteiger partial charge < -0.3 is 14.2 Å². The Labute approximate surface area is 210 Å². The highest BCUT2D eigenvalue weighted by molar-refractivity contribution is 5.91. The number of nitro benzene ring substituents is 1. The fraction of sp³-hybridized carbons (Fsp3) is 0.370. The highest BCUT2D eigenvalue weighted by atomic mass is 19.1. The first-order chi connectivity index (χ1) is 17.1. The molecule has 1 aliphatic heterocycles. The molecule has 0 unspecified atom stereocenters. The van der Waals surface area contributed by atoms with Crippen LogP contribution in [0.1, 0.15) is 42.6 Å². The minimum Gasteiger partial charge on any atom is -0.455 e. The number of carbonyl (C=O) groups excluding carboxylic acids is 1. The standard InChI is InChI=1S/C27H31FN4O4/c1-27(2,3)31(18-20-4-6-21(28)7-5-20)19-24-12-13-25(36-24)26(33)30-16-14-29(15-17-30)22-8-10-23(11-9-22)32(34)35/h4-13H,14-19H2,1-3H3. The van der Waals surface area contributed by atoms with Crippen LogP contribution < -0.4 is 4.90 Å². The van der Waals surface area contributed by atoms with Crippen LogP contribution in [0.2, 0.25) is 0 Å². The average Bonchev–Trinajstić information content (AvgIpc) is 3.33. The van der Waals surface area contributed by atoms with E-state index in [0.717, 1.165) is 11.3 Å². The lowest BCUT2D eigenvalue weighted by Gasteiger charge is -2.36. The van der Waals surface area contributed by atoms with Gasteiger partial charge in [0.25, 0.3) is 11.6 Å². The number of halogens is 1. The van der Waals surface area contributed by atoms with E-state index in [2.05, 4.69) is 30.6 Å². The smallest absolute Gasteiger partial charge is 0.289 e. The molecule has 0 aliphatic carbocycles. The molecule has 1 amide bonds. The third kappa shape index (κ3) is 6.09. The predicted octanol–water partition coefficient (Wildman–Crippen LogP) is 5.09. The summed E-state index contributed by atoms with van der Waals surface area (Å²) >= 11 is 0. The lowest BCUT2D eigenvalue weighted by atomic mass is 10.0. The van der Waals surface area contributed by atoms with Crippen molar-refractivity contribution in [1.82, 2.24) is 9.80 Å². The Morgan fingerprint density at radius 3 is 2.19 bits per heavy atom. The molecule has 3 aromatic rings. The summed E-state index contributed by atoms with van der Waals surface area (Å²) in [5.74, 6) is 0.596. The Morgan fingerprint density at radius 1 is 0.972 bits per heavy atom. The highest BCUT2D eigenvalue weighted by Crippen LogP contribution is 2.24. The fourth-order valence-corrected chi connectivity index (χ4v) is 4.22. The normalized spacial score (nSPS) is 14.4. The van der Waals surface area contributed by atoms with Crippen molar-refractivity contribution in [3.63, 3.8) is 0 Å². The Kier molecular flexibility index (Phi) is 7.40. The summed E-state index contributed by atoms with van der Waals surface area (Å²) in [6.45, 7) is 9.79. The van der Waals surface area contributed by atoms with E-state index in [-0.39, 0.29) is 23.0 Å². The van der Waals surface area contributed by atoms with Gasteiger partial charge in [-0.05, 0) is 62.7 Å². The number of carbonyl (C=O) groups is 1. The zero-order valence-corrected chi connectivity index (χ0v) is 20.8. The number of rotatable bonds is 7. The van der Waals surface area contributed by atoms with Crippen molar-refractivity contribution in [2.24, 2.45) is 0 Å². The number of nitrogens with zero attached hydrogens (tertiary/aromatic N) is 4. The fourth-order valence-electron chi connectivity index (χ4n) is 4.22. The van der Waals surface area contributed by atoms with Gasteiger partial charge in [0, 0.05) is 56.1 Å². The van der Waals surface area contributed by atoms with E-state index in [4.69, 9.17) is 4.42 Å². The molecule has 36 heavy (non-hydrogen) atoms.